The van der Waals surface area contributed by atoms with E-state index in [-0.39, 0.29) is 0 Å². The van der Waals surface area contributed by atoms with E-state index in [2.05, 4.69) is 25.3 Å². The molecule has 0 radical (unpaired) electrons. The van der Waals surface area contributed by atoms with E-state index >= 15 is 0 Å². The van der Waals surface area contributed by atoms with Crippen LogP contribution in [0.15, 0.2) is 24.7 Å². The molecule has 2 N–H and O–H groups in total. The number of hydrogen-bond acceptors (Lipinski definition) is 5. The van der Waals surface area contributed by atoms with Gasteiger partial charge in [0, 0.05) is 31.6 Å². The molecule has 2 aromatic rings. The Morgan fingerprint density at radius 3 is 3.06 bits per heavy atom. The summed E-state index contributed by atoms with van der Waals surface area (Å²) in [6, 6.07) is 3.53. The average molecular weight is 214 g/mol. The van der Waals surface area contributed by atoms with Crippen molar-refractivity contribution in [2.45, 2.75) is 6.42 Å². The van der Waals surface area contributed by atoms with Crippen molar-refractivity contribution in [1.82, 2.24) is 19.9 Å². The second kappa shape index (κ2) is 4.89. The van der Waals surface area contributed by atoms with E-state index in [9.17, 15) is 0 Å². The van der Waals surface area contributed by atoms with E-state index < -0.39 is 0 Å². The molecule has 16 heavy (non-hydrogen) atoms. The minimum Gasteiger partial charge on any atom is -0.354 e. The SMILES string of the molecule is N#Cc1ccnc(NCCc2ncc[nH]2)n1. The van der Waals surface area contributed by atoms with Gasteiger partial charge in [-0.2, -0.15) is 5.26 Å². The zero-order valence-corrected chi connectivity index (χ0v) is 8.51. The van der Waals surface area contributed by atoms with Gasteiger partial charge in [-0.15, -0.1) is 0 Å². The smallest absolute Gasteiger partial charge is 0.223 e. The number of H-pyrrole nitrogens is 1. The highest BCUT2D eigenvalue weighted by atomic mass is 15.1. The molecule has 6 heteroatoms. The van der Waals surface area contributed by atoms with Crippen LogP contribution in [0.2, 0.25) is 0 Å². The number of nitriles is 1. The number of rotatable bonds is 4. The zero-order chi connectivity index (χ0) is 11.2. The summed E-state index contributed by atoms with van der Waals surface area (Å²) < 4.78 is 0. The van der Waals surface area contributed by atoms with Crippen LogP contribution >= 0.6 is 0 Å². The van der Waals surface area contributed by atoms with Gasteiger partial charge in [0.05, 0.1) is 0 Å². The number of aromatic amines is 1. The number of nitrogens with one attached hydrogen (secondary N) is 2. The second-order valence-corrected chi connectivity index (χ2v) is 3.09. The molecule has 2 aromatic heterocycles. The van der Waals surface area contributed by atoms with E-state index in [0.717, 1.165) is 12.2 Å². The molecule has 0 amide bonds. The minimum absolute atomic E-state index is 0.357. The van der Waals surface area contributed by atoms with E-state index in [4.69, 9.17) is 5.26 Å². The molecule has 2 heterocycles. The van der Waals surface area contributed by atoms with Crippen molar-refractivity contribution < 1.29 is 0 Å². The summed E-state index contributed by atoms with van der Waals surface area (Å²) >= 11 is 0. The molecule has 0 aliphatic rings. The fraction of sp³-hybridized carbons (Fsp3) is 0.200. The van der Waals surface area contributed by atoms with Gasteiger partial charge in [-0.3, -0.25) is 0 Å². The number of anilines is 1. The van der Waals surface area contributed by atoms with Gasteiger partial charge >= 0.3 is 0 Å². The van der Waals surface area contributed by atoms with Crippen LogP contribution in [-0.4, -0.2) is 26.5 Å². The minimum atomic E-state index is 0.357. The van der Waals surface area contributed by atoms with Gasteiger partial charge in [0.15, 0.2) is 0 Å². The Balaban J connectivity index is 1.88. The Hall–Kier alpha value is -2.42. The topological polar surface area (TPSA) is 90.3 Å². The molecule has 0 saturated carbocycles. The summed E-state index contributed by atoms with van der Waals surface area (Å²) in [5.74, 6) is 1.37. The van der Waals surface area contributed by atoms with Crippen LogP contribution in [0.1, 0.15) is 11.5 Å². The van der Waals surface area contributed by atoms with Gasteiger partial charge in [-0.25, -0.2) is 15.0 Å². The first kappa shape index (κ1) is 10.1. The normalized spacial score (nSPS) is 9.69. The molecule has 0 aliphatic heterocycles. The van der Waals surface area contributed by atoms with Crippen LogP contribution in [-0.2, 0) is 6.42 Å². The molecule has 2 rings (SSSR count). The third-order valence-electron chi connectivity index (χ3n) is 1.97. The highest BCUT2D eigenvalue weighted by Gasteiger charge is 1.98. The highest BCUT2D eigenvalue weighted by Crippen LogP contribution is 1.99. The van der Waals surface area contributed by atoms with Crippen molar-refractivity contribution in [3.8, 4) is 6.07 Å². The second-order valence-electron chi connectivity index (χ2n) is 3.09. The fourth-order valence-corrected chi connectivity index (χ4v) is 1.23. The van der Waals surface area contributed by atoms with E-state index in [1.165, 1.54) is 0 Å². The first-order valence-corrected chi connectivity index (χ1v) is 4.84. The summed E-state index contributed by atoms with van der Waals surface area (Å²) in [6.07, 6.45) is 5.80. The Labute approximate surface area is 92.4 Å². The van der Waals surface area contributed by atoms with Crippen LogP contribution in [0.3, 0.4) is 0 Å². The third-order valence-corrected chi connectivity index (χ3v) is 1.97. The molecule has 0 saturated heterocycles. The van der Waals surface area contributed by atoms with E-state index in [1.807, 2.05) is 6.07 Å². The van der Waals surface area contributed by atoms with Crippen molar-refractivity contribution in [2.24, 2.45) is 0 Å². The quantitative estimate of drug-likeness (QED) is 0.782. The van der Waals surface area contributed by atoms with Gasteiger partial charge in [-0.1, -0.05) is 0 Å². The van der Waals surface area contributed by atoms with Gasteiger partial charge in [-0.05, 0) is 6.07 Å². The molecular formula is C10H10N6. The molecule has 0 atom stereocenters. The molecular weight excluding hydrogens is 204 g/mol. The molecule has 0 bridgehead atoms. The lowest BCUT2D eigenvalue weighted by Crippen LogP contribution is -2.09. The molecule has 0 unspecified atom stereocenters. The van der Waals surface area contributed by atoms with E-state index in [0.29, 0.717) is 18.2 Å². The number of aromatic nitrogens is 4. The summed E-state index contributed by atoms with van der Waals surface area (Å²) in [4.78, 5) is 15.1. The van der Waals surface area contributed by atoms with Crippen LogP contribution < -0.4 is 5.32 Å². The van der Waals surface area contributed by atoms with Crippen molar-refractivity contribution in [3.05, 3.63) is 36.2 Å². The Bertz CT molecular complexity index is 484. The number of hydrogen-bond donors (Lipinski definition) is 2. The maximum absolute atomic E-state index is 8.65. The first-order chi connectivity index (χ1) is 7.88. The predicted octanol–water partition coefficient (Wildman–Crippen LogP) is 0.726. The third kappa shape index (κ3) is 2.54. The van der Waals surface area contributed by atoms with Crippen LogP contribution in [0.4, 0.5) is 5.95 Å². The summed E-state index contributed by atoms with van der Waals surface area (Å²) in [5.41, 5.74) is 0.357. The summed E-state index contributed by atoms with van der Waals surface area (Å²) in [7, 11) is 0. The van der Waals surface area contributed by atoms with Gasteiger partial charge in [0.25, 0.3) is 0 Å². The Morgan fingerprint density at radius 1 is 1.38 bits per heavy atom. The molecule has 0 fully saturated rings. The monoisotopic (exact) mass is 214 g/mol. The molecule has 0 aliphatic carbocycles. The van der Waals surface area contributed by atoms with Crippen LogP contribution in [0, 0.1) is 11.3 Å². The summed E-state index contributed by atoms with van der Waals surface area (Å²) in [5, 5.41) is 11.7. The zero-order valence-electron chi connectivity index (χ0n) is 8.51. The Morgan fingerprint density at radius 2 is 2.31 bits per heavy atom. The van der Waals surface area contributed by atoms with E-state index in [1.54, 1.807) is 24.7 Å². The van der Waals surface area contributed by atoms with Crippen molar-refractivity contribution in [1.29, 1.82) is 5.26 Å². The lowest BCUT2D eigenvalue weighted by Gasteiger charge is -2.02. The lowest BCUT2D eigenvalue weighted by molar-refractivity contribution is 0.911. The largest absolute Gasteiger partial charge is 0.354 e. The maximum Gasteiger partial charge on any atom is 0.223 e. The summed E-state index contributed by atoms with van der Waals surface area (Å²) in [6.45, 7) is 0.669. The Kier molecular flexibility index (Phi) is 3.09. The van der Waals surface area contributed by atoms with Gasteiger partial charge in [0.1, 0.15) is 17.6 Å². The maximum atomic E-state index is 8.65. The molecule has 80 valence electrons. The van der Waals surface area contributed by atoms with Crippen LogP contribution in [0.5, 0.6) is 0 Å². The number of nitrogens with zero attached hydrogens (tertiary/aromatic N) is 4. The van der Waals surface area contributed by atoms with Gasteiger partial charge in [0.2, 0.25) is 5.95 Å². The van der Waals surface area contributed by atoms with Gasteiger partial charge < -0.3 is 10.3 Å². The fourth-order valence-electron chi connectivity index (χ4n) is 1.23. The van der Waals surface area contributed by atoms with Crippen molar-refractivity contribution in [2.75, 3.05) is 11.9 Å². The van der Waals surface area contributed by atoms with Crippen molar-refractivity contribution >= 4 is 5.95 Å². The van der Waals surface area contributed by atoms with Crippen LogP contribution in [0.25, 0.3) is 0 Å². The van der Waals surface area contributed by atoms with Crippen molar-refractivity contribution in [3.63, 3.8) is 0 Å². The standard InChI is InChI=1S/C10H10N6/c11-7-8-1-3-14-10(16-8)15-4-2-9-12-5-6-13-9/h1,3,5-6H,2,4H2,(H,12,13)(H,14,15,16). The molecule has 6 nitrogen and oxygen atoms in total. The lowest BCUT2D eigenvalue weighted by atomic mass is 10.4. The molecule has 0 aromatic carbocycles. The average Bonchev–Trinajstić information content (AvgIpc) is 2.82. The predicted molar refractivity (Wildman–Crippen MR) is 57.5 cm³/mol. The highest BCUT2D eigenvalue weighted by molar-refractivity contribution is 5.29. The molecule has 0 spiro atoms. The number of imidazole rings is 1. The first-order valence-electron chi connectivity index (χ1n) is 4.84.